The number of nitrogens with two attached hydrogens (primary N) is 1. The van der Waals surface area contributed by atoms with Gasteiger partial charge in [-0.1, -0.05) is 6.92 Å². The molecular weight excluding hydrogens is 246 g/mol. The molecule has 2 rings (SSSR count). The summed E-state index contributed by atoms with van der Waals surface area (Å²) in [5, 5.41) is 3.20. The van der Waals surface area contributed by atoms with Crippen LogP contribution in [0.4, 0.5) is 16.6 Å². The molecule has 1 aliphatic heterocycles. The number of carbonyl (C=O) groups excluding carboxylic acids is 1. The van der Waals surface area contributed by atoms with E-state index in [-0.39, 0.29) is 12.0 Å². The van der Waals surface area contributed by atoms with Gasteiger partial charge >= 0.3 is 6.09 Å². The number of anilines is 2. The van der Waals surface area contributed by atoms with Gasteiger partial charge in [-0.3, -0.25) is 0 Å². The van der Waals surface area contributed by atoms with Crippen molar-refractivity contribution in [1.82, 2.24) is 14.9 Å². The number of amides is 1. The number of nitrogens with one attached hydrogen (secondary N) is 1. The van der Waals surface area contributed by atoms with E-state index in [0.717, 1.165) is 23.5 Å². The molecule has 19 heavy (non-hydrogen) atoms. The van der Waals surface area contributed by atoms with Crippen LogP contribution >= 0.6 is 0 Å². The van der Waals surface area contributed by atoms with Crippen LogP contribution < -0.4 is 11.1 Å². The third-order valence-corrected chi connectivity index (χ3v) is 3.12. The highest BCUT2D eigenvalue weighted by Crippen LogP contribution is 2.16. The van der Waals surface area contributed by atoms with Gasteiger partial charge in [0.05, 0.1) is 12.2 Å². The summed E-state index contributed by atoms with van der Waals surface area (Å²) in [7, 11) is 0. The lowest BCUT2D eigenvalue weighted by atomic mass is 10.2. The summed E-state index contributed by atoms with van der Waals surface area (Å²) in [5.41, 5.74) is 7.61. The molecule has 1 amide bonds. The molecule has 0 atom stereocenters. The van der Waals surface area contributed by atoms with Crippen molar-refractivity contribution >= 4 is 17.9 Å². The molecule has 1 fully saturated rings. The summed E-state index contributed by atoms with van der Waals surface area (Å²) >= 11 is 0. The van der Waals surface area contributed by atoms with Crippen LogP contribution in [-0.4, -0.2) is 47.2 Å². The number of nitrogen functional groups attached to an aromatic ring is 1. The number of aromatic nitrogens is 2. The van der Waals surface area contributed by atoms with Crippen molar-refractivity contribution < 1.29 is 9.53 Å². The summed E-state index contributed by atoms with van der Waals surface area (Å²) in [5.74, 6) is 1.00. The maximum absolute atomic E-state index is 11.3. The lowest BCUT2D eigenvalue weighted by molar-refractivity contribution is 0.159. The number of aryl methyl sites for hydroxylation is 1. The van der Waals surface area contributed by atoms with Crippen molar-refractivity contribution in [3.63, 3.8) is 0 Å². The molecule has 0 radical (unpaired) electrons. The summed E-state index contributed by atoms with van der Waals surface area (Å²) in [6.07, 6.45) is 0.557. The summed E-state index contributed by atoms with van der Waals surface area (Å²) in [6.45, 7) is 6.30. The molecule has 0 bridgehead atoms. The first-order valence-corrected chi connectivity index (χ1v) is 6.40. The van der Waals surface area contributed by atoms with Crippen LogP contribution in [0.3, 0.4) is 0 Å². The van der Waals surface area contributed by atoms with Gasteiger partial charge in [0.2, 0.25) is 5.95 Å². The monoisotopic (exact) mass is 265 g/mol. The van der Waals surface area contributed by atoms with E-state index in [9.17, 15) is 4.79 Å². The lowest BCUT2D eigenvalue weighted by Gasteiger charge is -2.15. The predicted molar refractivity (Wildman–Crippen MR) is 72.0 cm³/mol. The van der Waals surface area contributed by atoms with Crippen molar-refractivity contribution in [3.8, 4) is 0 Å². The minimum absolute atomic E-state index is 0.255. The van der Waals surface area contributed by atoms with Crippen molar-refractivity contribution in [1.29, 1.82) is 0 Å². The Kier molecular flexibility index (Phi) is 4.03. The molecule has 7 nitrogen and oxygen atoms in total. The lowest BCUT2D eigenvalue weighted by Crippen LogP contribution is -2.30. The highest BCUT2D eigenvalue weighted by atomic mass is 16.6. The molecule has 0 saturated carbocycles. The third kappa shape index (κ3) is 3.04. The van der Waals surface area contributed by atoms with E-state index < -0.39 is 0 Å². The van der Waals surface area contributed by atoms with Crippen molar-refractivity contribution in [2.24, 2.45) is 0 Å². The molecule has 1 saturated heterocycles. The first-order chi connectivity index (χ1) is 9.11. The molecule has 0 spiro atoms. The van der Waals surface area contributed by atoms with E-state index >= 15 is 0 Å². The maximum Gasteiger partial charge on any atom is 0.409 e. The third-order valence-electron chi connectivity index (χ3n) is 3.12. The van der Waals surface area contributed by atoms with E-state index in [1.807, 2.05) is 13.8 Å². The first kappa shape index (κ1) is 13.4. The minimum atomic E-state index is -0.255. The van der Waals surface area contributed by atoms with Gasteiger partial charge in [-0.05, 0) is 13.3 Å². The highest BCUT2D eigenvalue weighted by molar-refractivity contribution is 5.69. The number of hydrogen-bond acceptors (Lipinski definition) is 6. The van der Waals surface area contributed by atoms with Crippen LogP contribution in [0.5, 0.6) is 0 Å². The van der Waals surface area contributed by atoms with Gasteiger partial charge in [-0.25, -0.2) is 9.78 Å². The zero-order chi connectivity index (χ0) is 13.8. The van der Waals surface area contributed by atoms with Crippen molar-refractivity contribution in [2.75, 3.05) is 37.3 Å². The highest BCUT2D eigenvalue weighted by Gasteiger charge is 2.21. The molecule has 0 aliphatic carbocycles. The number of ether oxygens (including phenoxy) is 1. The summed E-state index contributed by atoms with van der Waals surface area (Å²) in [4.78, 5) is 21.3. The Morgan fingerprint density at radius 3 is 2.89 bits per heavy atom. The van der Waals surface area contributed by atoms with Gasteiger partial charge < -0.3 is 20.7 Å². The topological polar surface area (TPSA) is 93.4 Å². The zero-order valence-corrected chi connectivity index (χ0v) is 11.3. The van der Waals surface area contributed by atoms with Crippen molar-refractivity contribution in [3.05, 3.63) is 11.3 Å². The number of cyclic esters (lactones) is 1. The Balaban J connectivity index is 1.95. The van der Waals surface area contributed by atoms with Crippen LogP contribution in [0.2, 0.25) is 0 Å². The Bertz CT molecular complexity index is 477. The second kappa shape index (κ2) is 5.73. The molecular formula is C12H19N5O2. The van der Waals surface area contributed by atoms with E-state index in [1.54, 1.807) is 4.90 Å². The number of carbonyl (C=O) groups is 1. The molecule has 1 aromatic heterocycles. The number of rotatable bonds is 5. The quantitative estimate of drug-likeness (QED) is 0.817. The normalized spacial score (nSPS) is 14.6. The molecule has 104 valence electrons. The average Bonchev–Trinajstić information content (AvgIpc) is 2.79. The fraction of sp³-hybridized carbons (Fsp3) is 0.583. The van der Waals surface area contributed by atoms with E-state index in [2.05, 4.69) is 15.3 Å². The van der Waals surface area contributed by atoms with Gasteiger partial charge in [0.1, 0.15) is 12.4 Å². The summed E-state index contributed by atoms with van der Waals surface area (Å²) in [6, 6.07) is 0. The minimum Gasteiger partial charge on any atom is -0.448 e. The molecule has 2 heterocycles. The second-order valence-corrected chi connectivity index (χ2v) is 4.38. The molecule has 3 N–H and O–H groups in total. The standard InChI is InChI=1S/C12H19N5O2/c1-3-9-8(2)10(16-11(13)15-9)14-4-5-17-6-7-19-12(17)18/h3-7H2,1-2H3,(H3,13,14,15,16). The SMILES string of the molecule is CCc1nc(N)nc(NCCN2CCOC2=O)c1C. The number of nitrogens with zero attached hydrogens (tertiary/aromatic N) is 3. The summed E-state index contributed by atoms with van der Waals surface area (Å²) < 4.78 is 4.86. The Morgan fingerprint density at radius 2 is 2.26 bits per heavy atom. The smallest absolute Gasteiger partial charge is 0.409 e. The van der Waals surface area contributed by atoms with Crippen LogP contribution in [0.1, 0.15) is 18.2 Å². The van der Waals surface area contributed by atoms with E-state index in [1.165, 1.54) is 0 Å². The van der Waals surface area contributed by atoms with Gasteiger partial charge in [-0.2, -0.15) is 4.98 Å². The largest absolute Gasteiger partial charge is 0.448 e. The molecule has 1 aromatic rings. The maximum atomic E-state index is 11.3. The molecule has 0 unspecified atom stereocenters. The Labute approximate surface area is 112 Å². The van der Waals surface area contributed by atoms with Crippen LogP contribution in [-0.2, 0) is 11.2 Å². The molecule has 7 heteroatoms. The molecule has 1 aliphatic rings. The van der Waals surface area contributed by atoms with E-state index in [4.69, 9.17) is 10.5 Å². The predicted octanol–water partition coefficient (Wildman–Crippen LogP) is 0.794. The first-order valence-electron chi connectivity index (χ1n) is 6.40. The van der Waals surface area contributed by atoms with Crippen LogP contribution in [0.15, 0.2) is 0 Å². The number of hydrogen-bond donors (Lipinski definition) is 2. The van der Waals surface area contributed by atoms with Gasteiger partial charge in [0.25, 0.3) is 0 Å². The fourth-order valence-electron chi connectivity index (χ4n) is 2.04. The van der Waals surface area contributed by atoms with Crippen LogP contribution in [0, 0.1) is 6.92 Å². The molecule has 0 aromatic carbocycles. The van der Waals surface area contributed by atoms with Crippen LogP contribution in [0.25, 0.3) is 0 Å². The van der Waals surface area contributed by atoms with Crippen molar-refractivity contribution in [2.45, 2.75) is 20.3 Å². The average molecular weight is 265 g/mol. The van der Waals surface area contributed by atoms with Gasteiger partial charge in [0.15, 0.2) is 0 Å². The Hall–Kier alpha value is -2.05. The van der Waals surface area contributed by atoms with Gasteiger partial charge in [-0.15, -0.1) is 0 Å². The fourth-order valence-corrected chi connectivity index (χ4v) is 2.04. The van der Waals surface area contributed by atoms with Gasteiger partial charge in [0, 0.05) is 18.7 Å². The second-order valence-electron chi connectivity index (χ2n) is 4.38. The Morgan fingerprint density at radius 1 is 1.47 bits per heavy atom. The van der Waals surface area contributed by atoms with E-state index in [0.29, 0.717) is 26.2 Å². The zero-order valence-electron chi connectivity index (χ0n) is 11.3.